The number of ether oxygens (including phenoxy) is 4. The van der Waals surface area contributed by atoms with Gasteiger partial charge >= 0.3 is 5.97 Å². The first-order valence-corrected chi connectivity index (χ1v) is 13.6. The number of rotatable bonds is 8. The van der Waals surface area contributed by atoms with Crippen molar-refractivity contribution in [2.75, 3.05) is 40.5 Å². The summed E-state index contributed by atoms with van der Waals surface area (Å²) in [5.74, 6) is 0.713. The van der Waals surface area contributed by atoms with Crippen LogP contribution in [0.15, 0.2) is 75.9 Å². The van der Waals surface area contributed by atoms with Crippen molar-refractivity contribution in [1.82, 2.24) is 9.80 Å². The molecule has 1 fully saturated rings. The average molecular weight is 550 g/mol. The van der Waals surface area contributed by atoms with Gasteiger partial charge in [-0.1, -0.05) is 42.1 Å². The van der Waals surface area contributed by atoms with E-state index < -0.39 is 12.0 Å². The quantitative estimate of drug-likeness (QED) is 0.451. The number of nitrogens with zero attached hydrogens (tertiary/aromatic N) is 3. The van der Waals surface area contributed by atoms with Gasteiger partial charge in [0.05, 0.1) is 51.2 Å². The Bertz CT molecular complexity index is 1330. The lowest BCUT2D eigenvalue weighted by molar-refractivity contribution is -0.141. The van der Waals surface area contributed by atoms with Crippen LogP contribution < -0.4 is 9.47 Å². The SMILES string of the molecule is COc1ccc(C2C(C(=O)OCc3ccccc3)=C(C)N=C3SC=C(CC(=O)N4CCOCC4)N32)c(OC)c1. The van der Waals surface area contributed by atoms with Gasteiger partial charge in [-0.05, 0) is 30.0 Å². The van der Waals surface area contributed by atoms with Crippen LogP contribution in [0, 0.1) is 0 Å². The van der Waals surface area contributed by atoms with Crippen molar-refractivity contribution in [2.24, 2.45) is 4.99 Å². The molecule has 204 valence electrons. The highest BCUT2D eigenvalue weighted by molar-refractivity contribution is 8.16. The Kier molecular flexibility index (Phi) is 8.23. The minimum atomic E-state index is -0.611. The number of hydrogen-bond donors (Lipinski definition) is 0. The van der Waals surface area contributed by atoms with Crippen LogP contribution >= 0.6 is 11.8 Å². The summed E-state index contributed by atoms with van der Waals surface area (Å²) < 4.78 is 22.4. The third kappa shape index (κ3) is 5.67. The Balaban J connectivity index is 1.51. The zero-order chi connectivity index (χ0) is 27.4. The van der Waals surface area contributed by atoms with Gasteiger partial charge in [-0.25, -0.2) is 9.79 Å². The monoisotopic (exact) mass is 549 g/mol. The lowest BCUT2D eigenvalue weighted by Gasteiger charge is -2.37. The number of thioether (sulfide) groups is 1. The van der Waals surface area contributed by atoms with Crippen molar-refractivity contribution in [3.05, 3.63) is 82.0 Å². The van der Waals surface area contributed by atoms with Crippen LogP contribution in [0.1, 0.15) is 30.5 Å². The number of aliphatic imine (C=N–C) groups is 1. The van der Waals surface area contributed by atoms with Gasteiger partial charge in [0.25, 0.3) is 0 Å². The summed E-state index contributed by atoms with van der Waals surface area (Å²) in [4.78, 5) is 35.5. The van der Waals surface area contributed by atoms with Gasteiger partial charge in [-0.3, -0.25) is 4.79 Å². The summed E-state index contributed by atoms with van der Waals surface area (Å²) >= 11 is 1.44. The normalized spacial score (nSPS) is 18.8. The summed E-state index contributed by atoms with van der Waals surface area (Å²) in [6.07, 6.45) is 0.173. The molecule has 1 saturated heterocycles. The molecule has 5 rings (SSSR count). The molecule has 2 aromatic rings. The minimum absolute atomic E-state index is 0.00586. The molecule has 10 heteroatoms. The van der Waals surface area contributed by atoms with Gasteiger partial charge in [0.2, 0.25) is 5.91 Å². The molecule has 0 bridgehead atoms. The number of fused-ring (bicyclic) bond motifs is 1. The Morgan fingerprint density at radius 1 is 1.08 bits per heavy atom. The van der Waals surface area contributed by atoms with Gasteiger partial charge in [-0.15, -0.1) is 0 Å². The number of amides is 1. The molecule has 2 aromatic carbocycles. The van der Waals surface area contributed by atoms with Crippen molar-refractivity contribution in [1.29, 1.82) is 0 Å². The van der Waals surface area contributed by atoms with Crippen molar-refractivity contribution in [3.63, 3.8) is 0 Å². The van der Waals surface area contributed by atoms with Gasteiger partial charge in [-0.2, -0.15) is 0 Å². The lowest BCUT2D eigenvalue weighted by atomic mass is 9.93. The Morgan fingerprint density at radius 3 is 2.56 bits per heavy atom. The number of amidine groups is 1. The summed E-state index contributed by atoms with van der Waals surface area (Å²) in [7, 11) is 3.17. The molecular formula is C29H31N3O6S. The van der Waals surface area contributed by atoms with Gasteiger partial charge in [0.15, 0.2) is 5.17 Å². The molecule has 9 nitrogen and oxygen atoms in total. The number of hydrogen-bond acceptors (Lipinski definition) is 9. The highest BCUT2D eigenvalue weighted by Crippen LogP contribution is 2.47. The van der Waals surface area contributed by atoms with E-state index in [4.69, 9.17) is 23.9 Å². The van der Waals surface area contributed by atoms with Crippen LogP contribution in [-0.2, 0) is 25.7 Å². The van der Waals surface area contributed by atoms with Gasteiger partial charge < -0.3 is 28.7 Å². The molecule has 3 aliphatic rings. The first-order chi connectivity index (χ1) is 19.0. The third-order valence-corrected chi connectivity index (χ3v) is 7.75. The molecule has 39 heavy (non-hydrogen) atoms. The van der Waals surface area contributed by atoms with Crippen LogP contribution in [0.25, 0.3) is 0 Å². The number of carbonyl (C=O) groups is 2. The Labute approximate surface area is 232 Å². The number of esters is 1. The summed E-state index contributed by atoms with van der Waals surface area (Å²) in [5, 5.41) is 2.63. The third-order valence-electron chi connectivity index (χ3n) is 6.86. The number of carbonyl (C=O) groups excluding carboxylic acids is 2. The predicted molar refractivity (Wildman–Crippen MR) is 148 cm³/mol. The maximum Gasteiger partial charge on any atom is 0.338 e. The van der Waals surface area contributed by atoms with E-state index in [9.17, 15) is 9.59 Å². The van der Waals surface area contributed by atoms with Crippen LogP contribution in [-0.4, -0.2) is 67.4 Å². The molecule has 1 unspecified atom stereocenters. The Morgan fingerprint density at radius 2 is 1.85 bits per heavy atom. The highest BCUT2D eigenvalue weighted by atomic mass is 32.2. The second kappa shape index (κ2) is 12.0. The van der Waals surface area contributed by atoms with Crippen molar-refractivity contribution < 1.29 is 28.5 Å². The number of methoxy groups -OCH3 is 2. The predicted octanol–water partition coefficient (Wildman–Crippen LogP) is 4.27. The molecule has 0 saturated carbocycles. The van der Waals surface area contributed by atoms with Crippen molar-refractivity contribution >= 4 is 28.8 Å². The molecule has 3 aliphatic heterocycles. The second-order valence-corrected chi connectivity index (χ2v) is 10.1. The molecule has 1 atom stereocenters. The lowest BCUT2D eigenvalue weighted by Crippen LogP contribution is -2.42. The Hall–Kier alpha value is -3.76. The topological polar surface area (TPSA) is 89.9 Å². The summed E-state index contributed by atoms with van der Waals surface area (Å²) in [5.41, 5.74) is 3.34. The zero-order valence-corrected chi connectivity index (χ0v) is 23.0. The zero-order valence-electron chi connectivity index (χ0n) is 22.2. The highest BCUT2D eigenvalue weighted by Gasteiger charge is 2.42. The minimum Gasteiger partial charge on any atom is -0.497 e. The van der Waals surface area contributed by atoms with E-state index in [0.29, 0.717) is 54.2 Å². The van der Waals surface area contributed by atoms with E-state index in [1.807, 2.05) is 64.6 Å². The van der Waals surface area contributed by atoms with Gasteiger partial charge in [0, 0.05) is 30.4 Å². The number of allylic oxidation sites excluding steroid dienone is 1. The fourth-order valence-electron chi connectivity index (χ4n) is 4.85. The number of morpholine rings is 1. The van der Waals surface area contributed by atoms with E-state index >= 15 is 0 Å². The molecule has 1 amide bonds. The van der Waals surface area contributed by atoms with Crippen LogP contribution in [0.5, 0.6) is 11.5 Å². The maximum absolute atomic E-state index is 13.7. The van der Waals surface area contributed by atoms with Crippen LogP contribution in [0.3, 0.4) is 0 Å². The molecular weight excluding hydrogens is 518 g/mol. The van der Waals surface area contributed by atoms with E-state index in [1.165, 1.54) is 11.8 Å². The molecule has 0 aromatic heterocycles. The molecule has 0 aliphatic carbocycles. The average Bonchev–Trinajstić information content (AvgIpc) is 3.37. The molecule has 0 spiro atoms. The van der Waals surface area contributed by atoms with E-state index in [1.54, 1.807) is 20.3 Å². The van der Waals surface area contributed by atoms with Crippen molar-refractivity contribution in [2.45, 2.75) is 26.0 Å². The molecule has 0 N–H and O–H groups in total. The number of benzene rings is 2. The fraction of sp³-hybridized carbons (Fsp3) is 0.345. The first kappa shape index (κ1) is 26.8. The second-order valence-electron chi connectivity index (χ2n) is 9.23. The van der Waals surface area contributed by atoms with E-state index in [-0.39, 0.29) is 18.9 Å². The summed E-state index contributed by atoms with van der Waals surface area (Å²) in [6, 6.07) is 14.4. The largest absolute Gasteiger partial charge is 0.497 e. The summed E-state index contributed by atoms with van der Waals surface area (Å²) in [6.45, 7) is 4.12. The maximum atomic E-state index is 13.7. The smallest absolute Gasteiger partial charge is 0.338 e. The van der Waals surface area contributed by atoms with Crippen LogP contribution in [0.4, 0.5) is 0 Å². The first-order valence-electron chi connectivity index (χ1n) is 12.7. The van der Waals surface area contributed by atoms with E-state index in [2.05, 4.69) is 0 Å². The van der Waals surface area contributed by atoms with Crippen molar-refractivity contribution in [3.8, 4) is 11.5 Å². The molecule has 3 heterocycles. The van der Waals surface area contributed by atoms with E-state index in [0.717, 1.165) is 16.8 Å². The fourth-order valence-corrected chi connectivity index (χ4v) is 5.81. The standard InChI is InChI=1S/C29H31N3O6S/c1-19-26(28(34)38-17-20-7-5-4-6-8-20)27(23-10-9-22(35-2)16-24(23)36-3)32-21(18-39-29(32)30-19)15-25(33)31-11-13-37-14-12-31/h4-10,16,18,27H,11-15,17H2,1-3H3. The molecule has 0 radical (unpaired) electrons. The van der Waals surface area contributed by atoms with Crippen LogP contribution in [0.2, 0.25) is 0 Å². The van der Waals surface area contributed by atoms with Gasteiger partial charge in [0.1, 0.15) is 18.1 Å².